The van der Waals surface area contributed by atoms with Crippen molar-refractivity contribution >= 4 is 29.1 Å². The molecule has 2 rings (SSSR count). The second-order valence-corrected chi connectivity index (χ2v) is 6.54. The van der Waals surface area contributed by atoms with Crippen LogP contribution in [0.25, 0.3) is 0 Å². The number of hydrogen-bond donors (Lipinski definition) is 1. The van der Waals surface area contributed by atoms with Crippen molar-refractivity contribution in [2.24, 2.45) is 5.41 Å². The van der Waals surface area contributed by atoms with Crippen LogP contribution in [0.3, 0.4) is 0 Å². The Morgan fingerprint density at radius 2 is 1.90 bits per heavy atom. The van der Waals surface area contributed by atoms with E-state index in [1.54, 1.807) is 17.0 Å². The van der Waals surface area contributed by atoms with Gasteiger partial charge in [-0.2, -0.15) is 0 Å². The standard InChI is InChI=1S/C15H19ClN2O2/c1-15(2,3)14(20)17-11-8-13(19)18(9-11)12-6-4-10(16)5-7-12/h4-7,11H,8-9H2,1-3H3,(H,17,20)/t11-/m0/s1. The number of anilines is 1. The first-order valence-electron chi connectivity index (χ1n) is 6.64. The number of nitrogens with one attached hydrogen (secondary N) is 1. The second kappa shape index (κ2) is 5.44. The average Bonchev–Trinajstić information content (AvgIpc) is 2.70. The van der Waals surface area contributed by atoms with Crippen molar-refractivity contribution in [3.8, 4) is 0 Å². The molecule has 5 heteroatoms. The molecule has 1 N–H and O–H groups in total. The van der Waals surface area contributed by atoms with Gasteiger partial charge in [-0.15, -0.1) is 0 Å². The quantitative estimate of drug-likeness (QED) is 0.911. The zero-order chi connectivity index (χ0) is 14.9. The number of benzene rings is 1. The molecule has 1 aliphatic heterocycles. The van der Waals surface area contributed by atoms with Crippen molar-refractivity contribution in [3.63, 3.8) is 0 Å². The highest BCUT2D eigenvalue weighted by molar-refractivity contribution is 6.30. The number of carbonyl (C=O) groups excluding carboxylic acids is 2. The zero-order valence-electron chi connectivity index (χ0n) is 11.9. The Kier molecular flexibility index (Phi) is 4.04. The Hall–Kier alpha value is -1.55. The van der Waals surface area contributed by atoms with Crippen molar-refractivity contribution in [2.45, 2.75) is 33.2 Å². The topological polar surface area (TPSA) is 49.4 Å². The van der Waals surface area contributed by atoms with Gasteiger partial charge in [0.1, 0.15) is 0 Å². The van der Waals surface area contributed by atoms with Crippen LogP contribution in [0.5, 0.6) is 0 Å². The fraction of sp³-hybridized carbons (Fsp3) is 0.467. The summed E-state index contributed by atoms with van der Waals surface area (Å²) in [4.78, 5) is 25.7. The predicted octanol–water partition coefficient (Wildman–Crippen LogP) is 2.61. The van der Waals surface area contributed by atoms with Crippen molar-refractivity contribution in [1.82, 2.24) is 5.32 Å². The first kappa shape index (κ1) is 14.9. The van der Waals surface area contributed by atoms with Crippen LogP contribution in [0.1, 0.15) is 27.2 Å². The zero-order valence-corrected chi connectivity index (χ0v) is 12.7. The molecular weight excluding hydrogens is 276 g/mol. The monoisotopic (exact) mass is 294 g/mol. The van der Waals surface area contributed by atoms with Gasteiger partial charge in [-0.25, -0.2) is 0 Å². The molecule has 1 aliphatic rings. The molecule has 4 nitrogen and oxygen atoms in total. The van der Waals surface area contributed by atoms with Crippen molar-refractivity contribution < 1.29 is 9.59 Å². The number of rotatable bonds is 2. The van der Waals surface area contributed by atoms with Crippen molar-refractivity contribution in [1.29, 1.82) is 0 Å². The minimum Gasteiger partial charge on any atom is -0.351 e. The van der Waals surface area contributed by atoms with Gasteiger partial charge < -0.3 is 10.2 Å². The highest BCUT2D eigenvalue weighted by Gasteiger charge is 2.33. The SMILES string of the molecule is CC(C)(C)C(=O)N[C@H]1CC(=O)N(c2ccc(Cl)cc2)C1. The number of carbonyl (C=O) groups is 2. The fourth-order valence-electron chi connectivity index (χ4n) is 2.08. The van der Waals surface area contributed by atoms with Crippen molar-refractivity contribution in [3.05, 3.63) is 29.3 Å². The molecule has 1 fully saturated rings. The molecule has 2 amide bonds. The third kappa shape index (κ3) is 3.31. The Bertz CT molecular complexity index is 520. The van der Waals surface area contributed by atoms with E-state index in [1.165, 1.54) is 0 Å². The molecule has 0 unspecified atom stereocenters. The summed E-state index contributed by atoms with van der Waals surface area (Å²) in [5.41, 5.74) is 0.364. The molecule has 0 aliphatic carbocycles. The molecule has 1 saturated heterocycles. The van der Waals surface area contributed by atoms with Crippen LogP contribution in [0.4, 0.5) is 5.69 Å². The largest absolute Gasteiger partial charge is 0.351 e. The van der Waals surface area contributed by atoms with E-state index in [2.05, 4.69) is 5.32 Å². The summed E-state index contributed by atoms with van der Waals surface area (Å²) >= 11 is 5.84. The van der Waals surface area contributed by atoms with Crippen LogP contribution in [-0.4, -0.2) is 24.4 Å². The van der Waals surface area contributed by atoms with Gasteiger partial charge in [0.2, 0.25) is 11.8 Å². The summed E-state index contributed by atoms with van der Waals surface area (Å²) in [5.74, 6) is -0.0141. The molecule has 1 atom stereocenters. The molecule has 1 aromatic rings. The minimum atomic E-state index is -0.448. The summed E-state index contributed by atoms with van der Waals surface area (Å²) in [6.07, 6.45) is 0.338. The average molecular weight is 295 g/mol. The summed E-state index contributed by atoms with van der Waals surface area (Å²) in [7, 11) is 0. The lowest BCUT2D eigenvalue weighted by Crippen LogP contribution is -2.43. The van der Waals surface area contributed by atoms with Crippen LogP contribution in [0.15, 0.2) is 24.3 Å². The van der Waals surface area contributed by atoms with E-state index < -0.39 is 5.41 Å². The molecule has 1 heterocycles. The first-order valence-corrected chi connectivity index (χ1v) is 7.02. The summed E-state index contributed by atoms with van der Waals surface area (Å²) in [6, 6.07) is 7.00. The van der Waals surface area contributed by atoms with E-state index in [0.29, 0.717) is 18.0 Å². The fourth-order valence-corrected chi connectivity index (χ4v) is 2.20. The number of hydrogen-bond acceptors (Lipinski definition) is 2. The Morgan fingerprint density at radius 1 is 1.30 bits per heavy atom. The third-order valence-electron chi connectivity index (χ3n) is 3.28. The summed E-state index contributed by atoms with van der Waals surface area (Å²) < 4.78 is 0. The van der Waals surface area contributed by atoms with E-state index in [0.717, 1.165) is 5.69 Å². The second-order valence-electron chi connectivity index (χ2n) is 6.11. The van der Waals surface area contributed by atoms with Crippen LogP contribution < -0.4 is 10.2 Å². The Labute approximate surface area is 124 Å². The molecule has 108 valence electrons. The highest BCUT2D eigenvalue weighted by atomic mass is 35.5. The van der Waals surface area contributed by atoms with E-state index >= 15 is 0 Å². The maximum atomic E-state index is 12.0. The van der Waals surface area contributed by atoms with Gasteiger partial charge in [-0.1, -0.05) is 32.4 Å². The molecule has 20 heavy (non-hydrogen) atoms. The van der Waals surface area contributed by atoms with E-state index in [4.69, 9.17) is 11.6 Å². The van der Waals surface area contributed by atoms with Crippen LogP contribution in [-0.2, 0) is 9.59 Å². The van der Waals surface area contributed by atoms with Gasteiger partial charge in [-0.3, -0.25) is 9.59 Å². The lowest BCUT2D eigenvalue weighted by Gasteiger charge is -2.21. The molecule has 0 aromatic heterocycles. The van der Waals surface area contributed by atoms with Crippen LogP contribution in [0.2, 0.25) is 5.02 Å². The van der Waals surface area contributed by atoms with Gasteiger partial charge in [0, 0.05) is 29.1 Å². The van der Waals surface area contributed by atoms with Gasteiger partial charge in [0.05, 0.1) is 6.04 Å². The molecular formula is C15H19ClN2O2. The molecule has 0 spiro atoms. The van der Waals surface area contributed by atoms with Gasteiger partial charge in [0.25, 0.3) is 0 Å². The van der Waals surface area contributed by atoms with E-state index in [-0.39, 0.29) is 17.9 Å². The molecule has 0 radical (unpaired) electrons. The smallest absolute Gasteiger partial charge is 0.229 e. The Balaban J connectivity index is 2.04. The number of amides is 2. The summed E-state index contributed by atoms with van der Waals surface area (Å²) in [5, 5.41) is 3.57. The van der Waals surface area contributed by atoms with Gasteiger partial charge in [-0.05, 0) is 24.3 Å². The van der Waals surface area contributed by atoms with E-state index in [1.807, 2.05) is 32.9 Å². The van der Waals surface area contributed by atoms with Gasteiger partial charge in [0.15, 0.2) is 0 Å². The minimum absolute atomic E-state index is 0.0199. The maximum absolute atomic E-state index is 12.0. The lowest BCUT2D eigenvalue weighted by atomic mass is 9.95. The van der Waals surface area contributed by atoms with Crippen LogP contribution in [0, 0.1) is 5.41 Å². The van der Waals surface area contributed by atoms with Crippen LogP contribution >= 0.6 is 11.6 Å². The Morgan fingerprint density at radius 3 is 2.45 bits per heavy atom. The normalized spacial score (nSPS) is 19.3. The number of halogens is 1. The molecule has 1 aromatic carbocycles. The van der Waals surface area contributed by atoms with Crippen molar-refractivity contribution in [2.75, 3.05) is 11.4 Å². The summed E-state index contributed by atoms with van der Waals surface area (Å²) in [6.45, 7) is 6.07. The number of nitrogens with zero attached hydrogens (tertiary/aromatic N) is 1. The molecule has 0 bridgehead atoms. The maximum Gasteiger partial charge on any atom is 0.229 e. The third-order valence-corrected chi connectivity index (χ3v) is 3.53. The highest BCUT2D eigenvalue weighted by Crippen LogP contribution is 2.24. The first-order chi connectivity index (χ1) is 9.27. The molecule has 0 saturated carbocycles. The lowest BCUT2D eigenvalue weighted by molar-refractivity contribution is -0.129. The van der Waals surface area contributed by atoms with Gasteiger partial charge >= 0.3 is 0 Å². The predicted molar refractivity (Wildman–Crippen MR) is 79.8 cm³/mol. The van der Waals surface area contributed by atoms with E-state index in [9.17, 15) is 9.59 Å².